The fourth-order valence-electron chi connectivity index (χ4n) is 8.73. The topological polar surface area (TPSA) is 161 Å². The maximum atomic E-state index is 14.4. The summed E-state index contributed by atoms with van der Waals surface area (Å²) in [5.74, 6) is -1.51. The summed E-state index contributed by atoms with van der Waals surface area (Å²) in [4.78, 5) is 86.0. The maximum absolute atomic E-state index is 14.4. The summed E-state index contributed by atoms with van der Waals surface area (Å²) in [6.07, 6.45) is 6.15. The Bertz CT molecular complexity index is 1840. The van der Waals surface area contributed by atoms with E-state index in [1.807, 2.05) is 36.4 Å². The lowest BCUT2D eigenvalue weighted by atomic mass is 9.86. The molecule has 2 N–H and O–H groups in total. The van der Waals surface area contributed by atoms with Crippen LogP contribution in [0.25, 0.3) is 0 Å². The van der Waals surface area contributed by atoms with Gasteiger partial charge < -0.3 is 34.6 Å². The Kier molecular flexibility index (Phi) is 15.9. The SMILES string of the molecule is COC(=O)[C@@H]1CCCC2SCC[C@H](NC(=O)[C@H](CC[C@H](Cc3cccc(Cl)c3)C(=O)N[C@H]3CCS[C@H]4CCC[C@@H](C(=O)OC)N4C3=O)Cc3ccc(OC)cc3)C(=O)N21. The number of piperidine rings is 2. The van der Waals surface area contributed by atoms with Crippen LogP contribution >= 0.6 is 35.1 Å². The minimum atomic E-state index is -0.836. The van der Waals surface area contributed by atoms with Crippen LogP contribution in [0.5, 0.6) is 5.75 Å². The number of halogens is 1. The van der Waals surface area contributed by atoms with Gasteiger partial charge in [-0.25, -0.2) is 9.59 Å². The van der Waals surface area contributed by atoms with Gasteiger partial charge in [-0.1, -0.05) is 35.9 Å². The number of carbonyl (C=O) groups is 6. The monoisotopic (exact) mass is 870 g/mol. The molecule has 1 unspecified atom stereocenters. The molecule has 13 nitrogen and oxygen atoms in total. The van der Waals surface area contributed by atoms with Crippen LogP contribution in [0.15, 0.2) is 48.5 Å². The fraction of sp³-hybridized carbons (Fsp3) is 0.581. The van der Waals surface area contributed by atoms with Gasteiger partial charge in [-0.05, 0) is 124 Å². The first-order valence-electron chi connectivity index (χ1n) is 20.5. The normalized spacial score (nSPS) is 25.6. The van der Waals surface area contributed by atoms with Crippen LogP contribution < -0.4 is 15.4 Å². The second-order valence-corrected chi connectivity index (χ2v) is 18.6. The van der Waals surface area contributed by atoms with E-state index >= 15 is 0 Å². The number of rotatable bonds is 14. The summed E-state index contributed by atoms with van der Waals surface area (Å²) in [6, 6.07) is 11.7. The molecule has 2 aromatic rings. The molecule has 59 heavy (non-hydrogen) atoms. The van der Waals surface area contributed by atoms with Gasteiger partial charge in [0, 0.05) is 16.9 Å². The smallest absolute Gasteiger partial charge is 0.328 e. The van der Waals surface area contributed by atoms with Gasteiger partial charge in [0.25, 0.3) is 0 Å². The first-order chi connectivity index (χ1) is 28.5. The quantitative estimate of drug-likeness (QED) is 0.242. The van der Waals surface area contributed by atoms with E-state index in [1.165, 1.54) is 14.2 Å². The van der Waals surface area contributed by atoms with Crippen molar-refractivity contribution < 1.29 is 43.0 Å². The lowest BCUT2D eigenvalue weighted by molar-refractivity contribution is -0.156. The molecule has 4 fully saturated rings. The van der Waals surface area contributed by atoms with Crippen molar-refractivity contribution in [1.29, 1.82) is 0 Å². The summed E-state index contributed by atoms with van der Waals surface area (Å²) in [7, 11) is 4.23. The molecule has 8 atom stereocenters. The highest BCUT2D eigenvalue weighted by Crippen LogP contribution is 2.37. The molecule has 4 amide bonds. The third-order valence-electron chi connectivity index (χ3n) is 11.9. The molecule has 4 aliphatic rings. The predicted octanol–water partition coefficient (Wildman–Crippen LogP) is 5.15. The van der Waals surface area contributed by atoms with Crippen LogP contribution in [-0.2, 0) is 51.1 Å². The molecule has 320 valence electrons. The Morgan fingerprint density at radius 2 is 1.19 bits per heavy atom. The zero-order valence-electron chi connectivity index (χ0n) is 33.9. The number of nitrogens with one attached hydrogen (secondary N) is 2. The standard InChI is InChI=1S/C43H55ClN4O9S2/c1-55-31-17-13-26(14-18-31)23-28(38(49)45-32-19-21-58-36-11-5-9-34(42(53)56-2)47(36)40(32)51)15-16-29(24-27-7-4-8-30(44)25-27)39(50)46-33-20-22-59-37-12-6-10-35(43(54)57-3)48(37)41(33)52/h4,7-8,13-14,17-18,25,28-29,32-37H,5-6,9-12,15-16,19-24H2,1-3H3,(H,45,49)(H,46,50)/t28-,29-,32+,33+,34+,35+,36?,37+/m1/s1. The highest BCUT2D eigenvalue weighted by molar-refractivity contribution is 8.00. The molecule has 0 aliphatic carbocycles. The van der Waals surface area contributed by atoms with E-state index in [1.54, 1.807) is 52.6 Å². The molecular formula is C43H55ClN4O9S2. The van der Waals surface area contributed by atoms with Crippen molar-refractivity contribution in [1.82, 2.24) is 20.4 Å². The number of ether oxygens (including phenoxy) is 3. The summed E-state index contributed by atoms with van der Waals surface area (Å²) >= 11 is 9.62. The Labute approximate surface area is 359 Å². The summed E-state index contributed by atoms with van der Waals surface area (Å²) < 4.78 is 15.5. The number of esters is 2. The summed E-state index contributed by atoms with van der Waals surface area (Å²) in [5.41, 5.74) is 1.71. The van der Waals surface area contributed by atoms with E-state index in [2.05, 4.69) is 10.6 Å². The van der Waals surface area contributed by atoms with E-state index in [4.69, 9.17) is 25.8 Å². The minimum Gasteiger partial charge on any atom is -0.497 e. The number of carbonyl (C=O) groups excluding carboxylic acids is 6. The molecule has 0 bridgehead atoms. The Morgan fingerprint density at radius 3 is 1.64 bits per heavy atom. The first kappa shape index (κ1) is 44.6. The number of methoxy groups -OCH3 is 3. The molecule has 0 radical (unpaired) electrons. The van der Waals surface area contributed by atoms with Crippen molar-refractivity contribution >= 4 is 70.7 Å². The van der Waals surface area contributed by atoms with Crippen LogP contribution in [0.3, 0.4) is 0 Å². The number of benzene rings is 2. The van der Waals surface area contributed by atoms with Crippen molar-refractivity contribution in [2.45, 2.75) is 112 Å². The third kappa shape index (κ3) is 11.1. The van der Waals surface area contributed by atoms with E-state index in [0.717, 1.165) is 36.8 Å². The van der Waals surface area contributed by atoms with Gasteiger partial charge in [-0.3, -0.25) is 19.2 Å². The van der Waals surface area contributed by atoms with Gasteiger partial charge >= 0.3 is 11.9 Å². The molecule has 0 aromatic heterocycles. The Balaban J connectivity index is 1.23. The number of amides is 4. The summed E-state index contributed by atoms with van der Waals surface area (Å²) in [5, 5.41) is 6.30. The molecule has 0 saturated carbocycles. The Hall–Kier alpha value is -3.95. The summed E-state index contributed by atoms with van der Waals surface area (Å²) in [6.45, 7) is 0. The van der Waals surface area contributed by atoms with Crippen LogP contribution in [0.4, 0.5) is 0 Å². The van der Waals surface area contributed by atoms with Crippen molar-refractivity contribution in [3.05, 3.63) is 64.7 Å². The molecule has 2 aromatic carbocycles. The van der Waals surface area contributed by atoms with Crippen LogP contribution in [-0.4, -0.2) is 113 Å². The van der Waals surface area contributed by atoms with Crippen LogP contribution in [0.2, 0.25) is 5.02 Å². The van der Waals surface area contributed by atoms with Gasteiger partial charge in [-0.15, -0.1) is 23.5 Å². The molecule has 4 aliphatic heterocycles. The van der Waals surface area contributed by atoms with Crippen molar-refractivity contribution in [3.8, 4) is 5.75 Å². The van der Waals surface area contributed by atoms with E-state index in [-0.39, 0.29) is 47.2 Å². The number of hydrogen-bond acceptors (Lipinski definition) is 11. The fourth-order valence-corrected chi connectivity index (χ4v) is 11.7. The van der Waals surface area contributed by atoms with Gasteiger partial charge in [0.05, 0.1) is 32.1 Å². The van der Waals surface area contributed by atoms with E-state index in [0.29, 0.717) is 60.8 Å². The average molecular weight is 872 g/mol. The second-order valence-electron chi connectivity index (χ2n) is 15.6. The van der Waals surface area contributed by atoms with Gasteiger partial charge in [0.1, 0.15) is 29.9 Å². The molecule has 16 heteroatoms. The van der Waals surface area contributed by atoms with Crippen LogP contribution in [0, 0.1) is 11.8 Å². The third-order valence-corrected chi connectivity index (χ3v) is 14.8. The highest BCUT2D eigenvalue weighted by Gasteiger charge is 2.45. The molecular weight excluding hydrogens is 816 g/mol. The minimum absolute atomic E-state index is 0.172. The number of fused-ring (bicyclic) bond motifs is 2. The average Bonchev–Trinajstić information content (AvgIpc) is 3.51. The second kappa shape index (κ2) is 21.0. The van der Waals surface area contributed by atoms with Crippen molar-refractivity contribution in [2.24, 2.45) is 11.8 Å². The lowest BCUT2D eigenvalue weighted by Gasteiger charge is -2.40. The zero-order chi connectivity index (χ0) is 42.1. The molecule has 4 saturated heterocycles. The predicted molar refractivity (Wildman–Crippen MR) is 227 cm³/mol. The lowest BCUT2D eigenvalue weighted by Crippen LogP contribution is -2.58. The number of hydrogen-bond donors (Lipinski definition) is 2. The molecule has 0 spiro atoms. The van der Waals surface area contributed by atoms with Crippen molar-refractivity contribution in [3.63, 3.8) is 0 Å². The van der Waals surface area contributed by atoms with Crippen molar-refractivity contribution in [2.75, 3.05) is 32.8 Å². The first-order valence-corrected chi connectivity index (χ1v) is 23.0. The number of nitrogens with zero attached hydrogens (tertiary/aromatic N) is 2. The maximum Gasteiger partial charge on any atom is 0.328 e. The molecule has 6 rings (SSSR count). The van der Waals surface area contributed by atoms with Gasteiger partial charge in [0.15, 0.2) is 0 Å². The highest BCUT2D eigenvalue weighted by atomic mass is 35.5. The van der Waals surface area contributed by atoms with Crippen LogP contribution in [0.1, 0.15) is 75.3 Å². The zero-order valence-corrected chi connectivity index (χ0v) is 36.3. The van der Waals surface area contributed by atoms with E-state index < -0.39 is 47.9 Å². The van der Waals surface area contributed by atoms with Gasteiger partial charge in [-0.2, -0.15) is 0 Å². The largest absolute Gasteiger partial charge is 0.497 e. The van der Waals surface area contributed by atoms with E-state index in [9.17, 15) is 28.8 Å². The molecule has 4 heterocycles. The van der Waals surface area contributed by atoms with Gasteiger partial charge in [0.2, 0.25) is 23.6 Å². The number of thioether (sulfide) groups is 2. The Morgan fingerprint density at radius 1 is 0.695 bits per heavy atom.